The van der Waals surface area contributed by atoms with Crippen LogP contribution in [0.4, 0.5) is 0 Å². The summed E-state index contributed by atoms with van der Waals surface area (Å²) < 4.78 is 1.99. The SMILES string of the molecule is OC1(CNCc2ccc(-n3ccnc3)cc2)CCCCC1. The molecule has 1 aliphatic rings. The van der Waals surface area contributed by atoms with Gasteiger partial charge in [-0.25, -0.2) is 4.98 Å². The highest BCUT2D eigenvalue weighted by Gasteiger charge is 2.28. The van der Waals surface area contributed by atoms with Gasteiger partial charge >= 0.3 is 0 Å². The van der Waals surface area contributed by atoms with Crippen LogP contribution in [0.15, 0.2) is 43.0 Å². The molecule has 1 fully saturated rings. The van der Waals surface area contributed by atoms with Gasteiger partial charge in [0.05, 0.1) is 11.9 Å². The molecule has 4 nitrogen and oxygen atoms in total. The maximum absolute atomic E-state index is 10.4. The lowest BCUT2D eigenvalue weighted by molar-refractivity contribution is 0.00467. The molecular formula is C17H23N3O. The van der Waals surface area contributed by atoms with Gasteiger partial charge in [0.1, 0.15) is 0 Å². The fourth-order valence-corrected chi connectivity index (χ4v) is 3.02. The first-order chi connectivity index (χ1) is 10.3. The number of nitrogens with zero attached hydrogens (tertiary/aromatic N) is 2. The van der Waals surface area contributed by atoms with Crippen LogP contribution in [0.5, 0.6) is 0 Å². The molecule has 0 aliphatic heterocycles. The van der Waals surface area contributed by atoms with Crippen LogP contribution < -0.4 is 5.32 Å². The quantitative estimate of drug-likeness (QED) is 0.888. The summed E-state index contributed by atoms with van der Waals surface area (Å²) in [6, 6.07) is 8.42. The van der Waals surface area contributed by atoms with E-state index in [9.17, 15) is 5.11 Å². The Morgan fingerprint density at radius 1 is 1.14 bits per heavy atom. The zero-order valence-electron chi connectivity index (χ0n) is 12.3. The van der Waals surface area contributed by atoms with Gasteiger partial charge < -0.3 is 15.0 Å². The van der Waals surface area contributed by atoms with Gasteiger partial charge in [-0.2, -0.15) is 0 Å². The standard InChI is InChI=1S/C17H23N3O/c21-17(8-2-1-3-9-17)13-19-12-15-4-6-16(7-5-15)20-11-10-18-14-20/h4-7,10-11,14,19,21H,1-3,8-9,12-13H2. The maximum atomic E-state index is 10.4. The number of hydrogen-bond donors (Lipinski definition) is 2. The molecule has 0 bridgehead atoms. The largest absolute Gasteiger partial charge is 0.389 e. The first-order valence-corrected chi connectivity index (χ1v) is 7.76. The average molecular weight is 285 g/mol. The average Bonchev–Trinajstić information content (AvgIpc) is 3.03. The summed E-state index contributed by atoms with van der Waals surface area (Å²) in [5.74, 6) is 0. The molecule has 0 saturated heterocycles. The summed E-state index contributed by atoms with van der Waals surface area (Å²) in [6.07, 6.45) is 10.9. The molecule has 1 aliphatic carbocycles. The molecule has 21 heavy (non-hydrogen) atoms. The summed E-state index contributed by atoms with van der Waals surface area (Å²) in [7, 11) is 0. The lowest BCUT2D eigenvalue weighted by atomic mass is 9.85. The Morgan fingerprint density at radius 3 is 2.57 bits per heavy atom. The van der Waals surface area contributed by atoms with E-state index >= 15 is 0 Å². The van der Waals surface area contributed by atoms with E-state index in [1.54, 1.807) is 12.5 Å². The van der Waals surface area contributed by atoms with Crippen molar-refractivity contribution in [1.82, 2.24) is 14.9 Å². The van der Waals surface area contributed by atoms with Gasteiger partial charge in [0, 0.05) is 31.2 Å². The molecule has 0 atom stereocenters. The van der Waals surface area contributed by atoms with Crippen molar-refractivity contribution in [2.45, 2.75) is 44.2 Å². The highest BCUT2D eigenvalue weighted by atomic mass is 16.3. The van der Waals surface area contributed by atoms with Crippen molar-refractivity contribution in [2.75, 3.05) is 6.54 Å². The molecule has 0 spiro atoms. The third-order valence-corrected chi connectivity index (χ3v) is 4.31. The number of nitrogens with one attached hydrogen (secondary N) is 1. The highest BCUT2D eigenvalue weighted by molar-refractivity contribution is 5.34. The van der Waals surface area contributed by atoms with Gasteiger partial charge in [-0.1, -0.05) is 31.4 Å². The van der Waals surface area contributed by atoms with Gasteiger partial charge in [0.2, 0.25) is 0 Å². The van der Waals surface area contributed by atoms with Crippen molar-refractivity contribution >= 4 is 0 Å². The molecule has 1 saturated carbocycles. The molecule has 1 aromatic carbocycles. The molecular weight excluding hydrogens is 262 g/mol. The van der Waals surface area contributed by atoms with Crippen molar-refractivity contribution in [3.63, 3.8) is 0 Å². The Morgan fingerprint density at radius 2 is 1.90 bits per heavy atom. The van der Waals surface area contributed by atoms with Crippen LogP contribution in [0.25, 0.3) is 5.69 Å². The topological polar surface area (TPSA) is 50.1 Å². The summed E-state index contributed by atoms with van der Waals surface area (Å²) in [4.78, 5) is 4.05. The number of rotatable bonds is 5. The zero-order valence-corrected chi connectivity index (χ0v) is 12.3. The molecule has 0 amide bonds. The Labute approximate surface area is 125 Å². The predicted molar refractivity (Wildman–Crippen MR) is 83.3 cm³/mol. The summed E-state index contributed by atoms with van der Waals surface area (Å²) in [5, 5.41) is 13.8. The van der Waals surface area contributed by atoms with Gasteiger partial charge in [-0.15, -0.1) is 0 Å². The Balaban J connectivity index is 1.51. The molecule has 1 heterocycles. The lowest BCUT2D eigenvalue weighted by Crippen LogP contribution is -2.41. The van der Waals surface area contributed by atoms with E-state index in [2.05, 4.69) is 34.6 Å². The lowest BCUT2D eigenvalue weighted by Gasteiger charge is -2.32. The summed E-state index contributed by atoms with van der Waals surface area (Å²) in [6.45, 7) is 1.49. The molecule has 1 aromatic heterocycles. The predicted octanol–water partition coefficient (Wildman–Crippen LogP) is 2.66. The monoisotopic (exact) mass is 285 g/mol. The number of aromatic nitrogens is 2. The Bertz CT molecular complexity index is 542. The second-order valence-electron chi connectivity index (χ2n) is 6.02. The minimum atomic E-state index is -0.491. The number of benzene rings is 1. The van der Waals surface area contributed by atoms with Gasteiger partial charge in [0.25, 0.3) is 0 Å². The normalized spacial score (nSPS) is 17.8. The first kappa shape index (κ1) is 14.3. The Hall–Kier alpha value is -1.65. The van der Waals surface area contributed by atoms with Gasteiger partial charge in [-0.3, -0.25) is 0 Å². The van der Waals surface area contributed by atoms with Crippen LogP contribution in [0.2, 0.25) is 0 Å². The molecule has 0 unspecified atom stereocenters. The van der Waals surface area contributed by atoms with E-state index in [0.717, 1.165) is 37.9 Å². The van der Waals surface area contributed by atoms with Crippen LogP contribution >= 0.6 is 0 Å². The third kappa shape index (κ3) is 3.71. The number of aliphatic hydroxyl groups is 1. The van der Waals surface area contributed by atoms with E-state index < -0.39 is 5.60 Å². The minimum absolute atomic E-state index is 0.491. The molecule has 2 N–H and O–H groups in total. The van der Waals surface area contributed by atoms with Crippen LogP contribution in [0.1, 0.15) is 37.7 Å². The van der Waals surface area contributed by atoms with Gasteiger partial charge in [0.15, 0.2) is 0 Å². The second-order valence-corrected chi connectivity index (χ2v) is 6.02. The Kier molecular flexibility index (Phi) is 4.36. The van der Waals surface area contributed by atoms with E-state index in [1.807, 2.05) is 10.8 Å². The van der Waals surface area contributed by atoms with E-state index in [1.165, 1.54) is 12.0 Å². The van der Waals surface area contributed by atoms with Crippen molar-refractivity contribution in [3.8, 4) is 5.69 Å². The number of imidazole rings is 1. The van der Waals surface area contributed by atoms with E-state index in [-0.39, 0.29) is 0 Å². The van der Waals surface area contributed by atoms with E-state index in [0.29, 0.717) is 6.54 Å². The van der Waals surface area contributed by atoms with Crippen LogP contribution in [0, 0.1) is 0 Å². The zero-order chi connectivity index (χ0) is 14.5. The van der Waals surface area contributed by atoms with Crippen LogP contribution in [-0.4, -0.2) is 26.8 Å². The van der Waals surface area contributed by atoms with Gasteiger partial charge in [-0.05, 0) is 30.5 Å². The first-order valence-electron chi connectivity index (χ1n) is 7.76. The molecule has 4 heteroatoms. The van der Waals surface area contributed by atoms with Crippen molar-refractivity contribution in [2.24, 2.45) is 0 Å². The fourth-order valence-electron chi connectivity index (χ4n) is 3.02. The minimum Gasteiger partial charge on any atom is -0.389 e. The molecule has 2 aromatic rings. The van der Waals surface area contributed by atoms with Crippen molar-refractivity contribution < 1.29 is 5.11 Å². The summed E-state index contributed by atoms with van der Waals surface area (Å²) in [5.41, 5.74) is 1.86. The summed E-state index contributed by atoms with van der Waals surface area (Å²) >= 11 is 0. The highest BCUT2D eigenvalue weighted by Crippen LogP contribution is 2.27. The maximum Gasteiger partial charge on any atom is 0.0991 e. The smallest absolute Gasteiger partial charge is 0.0991 e. The van der Waals surface area contributed by atoms with Crippen LogP contribution in [-0.2, 0) is 6.54 Å². The van der Waals surface area contributed by atoms with Crippen LogP contribution in [0.3, 0.4) is 0 Å². The fraction of sp³-hybridized carbons (Fsp3) is 0.471. The molecule has 3 rings (SSSR count). The second kappa shape index (κ2) is 6.41. The number of hydrogen-bond acceptors (Lipinski definition) is 3. The molecule has 112 valence electrons. The van der Waals surface area contributed by atoms with Crippen molar-refractivity contribution in [3.05, 3.63) is 48.5 Å². The molecule has 0 radical (unpaired) electrons. The third-order valence-electron chi connectivity index (χ3n) is 4.31. The van der Waals surface area contributed by atoms with Crippen molar-refractivity contribution in [1.29, 1.82) is 0 Å². The van der Waals surface area contributed by atoms with E-state index in [4.69, 9.17) is 0 Å².